The molecule has 4 rings (SSSR count). The van der Waals surface area contributed by atoms with E-state index in [1.807, 2.05) is 37.3 Å². The highest BCUT2D eigenvalue weighted by Crippen LogP contribution is 2.45. The Bertz CT molecular complexity index is 1010. The molecule has 146 valence electrons. The third kappa shape index (κ3) is 3.16. The van der Waals surface area contributed by atoms with Crippen molar-refractivity contribution in [3.8, 4) is 5.75 Å². The van der Waals surface area contributed by atoms with Crippen LogP contribution in [0.15, 0.2) is 42.5 Å². The molecule has 0 bridgehead atoms. The molecule has 0 amide bonds. The summed E-state index contributed by atoms with van der Waals surface area (Å²) in [7, 11) is 1.66. The van der Waals surface area contributed by atoms with Gasteiger partial charge in [-0.25, -0.2) is 0 Å². The molecule has 0 saturated carbocycles. The summed E-state index contributed by atoms with van der Waals surface area (Å²) in [6, 6.07) is 14.1. The molecular weight excluding hydrogens is 374 g/mol. The first-order valence-corrected chi connectivity index (χ1v) is 10.1. The monoisotopic (exact) mass is 397 g/mol. The van der Waals surface area contributed by atoms with Gasteiger partial charge in [0, 0.05) is 17.6 Å². The number of hydrogen-bond donors (Lipinski definition) is 0. The molecule has 1 atom stereocenters. The highest BCUT2D eigenvalue weighted by molar-refractivity contribution is 6.35. The second-order valence-electron chi connectivity index (χ2n) is 7.10. The first-order valence-electron chi connectivity index (χ1n) is 9.73. The van der Waals surface area contributed by atoms with Crippen LogP contribution < -0.4 is 4.74 Å². The smallest absolute Gasteiger partial charge is 0.313 e. The molecule has 1 aromatic heterocycles. The Morgan fingerprint density at radius 3 is 2.71 bits per heavy atom. The Hall–Kier alpha value is -2.46. The van der Waals surface area contributed by atoms with Gasteiger partial charge < -0.3 is 14.0 Å². The molecular formula is C23H24ClNO3. The molecule has 1 unspecified atom stereocenters. The fourth-order valence-corrected chi connectivity index (χ4v) is 4.61. The number of rotatable bonds is 5. The van der Waals surface area contributed by atoms with Crippen LogP contribution in [0.1, 0.15) is 42.5 Å². The van der Waals surface area contributed by atoms with Gasteiger partial charge in [-0.05, 0) is 49.4 Å². The molecule has 5 heteroatoms. The van der Waals surface area contributed by atoms with Crippen molar-refractivity contribution in [1.29, 1.82) is 0 Å². The van der Waals surface area contributed by atoms with Gasteiger partial charge in [-0.1, -0.05) is 41.9 Å². The molecule has 0 fully saturated rings. The van der Waals surface area contributed by atoms with Gasteiger partial charge in [-0.3, -0.25) is 4.79 Å². The van der Waals surface area contributed by atoms with Crippen molar-refractivity contribution in [2.45, 2.75) is 38.6 Å². The molecule has 0 spiro atoms. The predicted molar refractivity (Wildman–Crippen MR) is 111 cm³/mol. The van der Waals surface area contributed by atoms with Crippen molar-refractivity contribution >= 4 is 28.5 Å². The number of benzene rings is 2. The lowest BCUT2D eigenvalue weighted by Crippen LogP contribution is -2.21. The molecule has 1 aliphatic carbocycles. The van der Waals surface area contributed by atoms with E-state index in [2.05, 4.69) is 16.7 Å². The van der Waals surface area contributed by atoms with Crippen LogP contribution >= 0.6 is 11.6 Å². The first kappa shape index (κ1) is 18.9. The number of ether oxygens (including phenoxy) is 2. The molecule has 0 radical (unpaired) electrons. The Labute approximate surface area is 170 Å². The summed E-state index contributed by atoms with van der Waals surface area (Å²) < 4.78 is 13.3. The molecule has 2 aromatic carbocycles. The Balaban J connectivity index is 1.98. The Morgan fingerprint density at radius 1 is 1.21 bits per heavy atom. The lowest BCUT2D eigenvalue weighted by molar-refractivity contribution is -0.145. The van der Waals surface area contributed by atoms with Crippen LogP contribution in [0.4, 0.5) is 0 Å². The summed E-state index contributed by atoms with van der Waals surface area (Å²) in [5, 5.41) is 1.61. The molecule has 1 aliphatic rings. The van der Waals surface area contributed by atoms with E-state index in [-0.39, 0.29) is 11.9 Å². The van der Waals surface area contributed by atoms with Crippen molar-refractivity contribution < 1.29 is 14.3 Å². The fraction of sp³-hybridized carbons (Fsp3) is 0.348. The van der Waals surface area contributed by atoms with E-state index in [0.29, 0.717) is 18.2 Å². The number of halogens is 1. The predicted octanol–water partition coefficient (Wildman–Crippen LogP) is 5.33. The molecule has 4 nitrogen and oxygen atoms in total. The van der Waals surface area contributed by atoms with Gasteiger partial charge in [0.1, 0.15) is 5.75 Å². The molecule has 28 heavy (non-hydrogen) atoms. The molecule has 0 saturated heterocycles. The zero-order chi connectivity index (χ0) is 19.7. The molecule has 3 aromatic rings. The third-order valence-corrected chi connectivity index (χ3v) is 5.80. The number of nitrogens with zero attached hydrogens (tertiary/aromatic N) is 1. The zero-order valence-electron chi connectivity index (χ0n) is 16.2. The maximum atomic E-state index is 12.8. The van der Waals surface area contributed by atoms with Crippen molar-refractivity contribution in [2.24, 2.45) is 0 Å². The number of methoxy groups -OCH3 is 1. The van der Waals surface area contributed by atoms with Gasteiger partial charge in [0.15, 0.2) is 0 Å². The van der Waals surface area contributed by atoms with Gasteiger partial charge >= 0.3 is 5.97 Å². The summed E-state index contributed by atoms with van der Waals surface area (Å²) in [4.78, 5) is 12.8. The quantitative estimate of drug-likeness (QED) is 0.546. The van der Waals surface area contributed by atoms with Crippen LogP contribution in [-0.4, -0.2) is 24.3 Å². The molecule has 0 aliphatic heterocycles. The van der Waals surface area contributed by atoms with Crippen LogP contribution in [0.25, 0.3) is 10.9 Å². The summed E-state index contributed by atoms with van der Waals surface area (Å²) in [6.07, 6.45) is 2.64. The van der Waals surface area contributed by atoms with E-state index < -0.39 is 0 Å². The van der Waals surface area contributed by atoms with Crippen molar-refractivity contribution in [3.63, 3.8) is 0 Å². The lowest BCUT2D eigenvalue weighted by atomic mass is 9.85. The van der Waals surface area contributed by atoms with Crippen LogP contribution in [0, 0.1) is 0 Å². The third-order valence-electron chi connectivity index (χ3n) is 5.50. The lowest BCUT2D eigenvalue weighted by Gasteiger charge is -2.23. The second kappa shape index (κ2) is 7.88. The standard InChI is InChI=1S/C23H24ClNO3/c1-3-28-23(26)16-10-7-11-18-20(16)21-19(27-2)13-12-17(24)22(21)25(18)14-15-8-5-4-6-9-15/h4-6,8-9,12-13,16H,3,7,10-11,14H2,1-2H3. The second-order valence-corrected chi connectivity index (χ2v) is 7.51. The summed E-state index contributed by atoms with van der Waals surface area (Å²) in [6.45, 7) is 2.93. The van der Waals surface area contributed by atoms with Gasteiger partial charge in [-0.2, -0.15) is 0 Å². The van der Waals surface area contributed by atoms with Gasteiger partial charge in [-0.15, -0.1) is 0 Å². The number of esters is 1. The van der Waals surface area contributed by atoms with Gasteiger partial charge in [0.05, 0.1) is 30.2 Å². The van der Waals surface area contributed by atoms with Crippen molar-refractivity contribution in [2.75, 3.05) is 13.7 Å². The molecule has 0 N–H and O–H groups in total. The summed E-state index contributed by atoms with van der Waals surface area (Å²) >= 11 is 6.67. The van der Waals surface area contributed by atoms with Crippen LogP contribution in [0.2, 0.25) is 5.02 Å². The van der Waals surface area contributed by atoms with E-state index in [0.717, 1.165) is 47.2 Å². The largest absolute Gasteiger partial charge is 0.496 e. The van der Waals surface area contributed by atoms with E-state index in [9.17, 15) is 4.79 Å². The number of carbonyl (C=O) groups is 1. The number of aromatic nitrogens is 1. The number of carbonyl (C=O) groups excluding carboxylic acids is 1. The minimum atomic E-state index is -0.282. The number of fused-ring (bicyclic) bond motifs is 3. The minimum Gasteiger partial charge on any atom is -0.496 e. The van der Waals surface area contributed by atoms with Gasteiger partial charge in [0.25, 0.3) is 0 Å². The van der Waals surface area contributed by atoms with Crippen LogP contribution in [0.3, 0.4) is 0 Å². The summed E-state index contributed by atoms with van der Waals surface area (Å²) in [5.74, 6) is 0.304. The maximum Gasteiger partial charge on any atom is 0.313 e. The average molecular weight is 398 g/mol. The number of hydrogen-bond acceptors (Lipinski definition) is 3. The van der Waals surface area contributed by atoms with Crippen molar-refractivity contribution in [3.05, 3.63) is 64.3 Å². The Kier molecular flexibility index (Phi) is 5.31. The van der Waals surface area contributed by atoms with E-state index in [1.54, 1.807) is 7.11 Å². The first-order chi connectivity index (χ1) is 13.7. The highest BCUT2D eigenvalue weighted by Gasteiger charge is 2.35. The highest BCUT2D eigenvalue weighted by atomic mass is 35.5. The maximum absolute atomic E-state index is 12.8. The molecule has 1 heterocycles. The fourth-order valence-electron chi connectivity index (χ4n) is 4.35. The van der Waals surface area contributed by atoms with Crippen LogP contribution in [0.5, 0.6) is 5.75 Å². The van der Waals surface area contributed by atoms with Gasteiger partial charge in [0.2, 0.25) is 0 Å². The summed E-state index contributed by atoms with van der Waals surface area (Å²) in [5.41, 5.74) is 4.31. The minimum absolute atomic E-state index is 0.163. The van der Waals surface area contributed by atoms with Crippen molar-refractivity contribution in [1.82, 2.24) is 4.57 Å². The van der Waals surface area contributed by atoms with E-state index in [1.165, 1.54) is 5.56 Å². The van der Waals surface area contributed by atoms with Crippen LogP contribution in [-0.2, 0) is 22.5 Å². The normalized spacial score (nSPS) is 16.0. The van der Waals surface area contributed by atoms with E-state index in [4.69, 9.17) is 21.1 Å². The Morgan fingerprint density at radius 2 is 2.00 bits per heavy atom. The topological polar surface area (TPSA) is 40.5 Å². The SMILES string of the molecule is CCOC(=O)C1CCCc2c1c1c(OC)ccc(Cl)c1n2Cc1ccccc1. The zero-order valence-corrected chi connectivity index (χ0v) is 17.0. The van der Waals surface area contributed by atoms with E-state index >= 15 is 0 Å². The average Bonchev–Trinajstić information content (AvgIpc) is 3.05.